The van der Waals surface area contributed by atoms with Crippen molar-refractivity contribution in [2.75, 3.05) is 7.05 Å². The van der Waals surface area contributed by atoms with Crippen molar-refractivity contribution >= 4 is 17.6 Å². The van der Waals surface area contributed by atoms with E-state index in [-0.39, 0.29) is 11.1 Å². The second kappa shape index (κ2) is 9.03. The van der Waals surface area contributed by atoms with Crippen LogP contribution in [0, 0.1) is 0 Å². The van der Waals surface area contributed by atoms with Crippen molar-refractivity contribution in [3.63, 3.8) is 0 Å². The lowest BCUT2D eigenvalue weighted by atomic mass is 9.98. The van der Waals surface area contributed by atoms with Gasteiger partial charge in [-0.25, -0.2) is 9.59 Å². The molecule has 36 heavy (non-hydrogen) atoms. The number of carbonyl (C=O) groups is 2. The molecule has 0 saturated carbocycles. The van der Waals surface area contributed by atoms with Crippen molar-refractivity contribution in [2.45, 2.75) is 6.04 Å². The van der Waals surface area contributed by atoms with Crippen LogP contribution in [0.1, 0.15) is 27.8 Å². The summed E-state index contributed by atoms with van der Waals surface area (Å²) in [4.78, 5) is 34.0. The van der Waals surface area contributed by atoms with Crippen molar-refractivity contribution in [1.82, 2.24) is 19.4 Å². The minimum absolute atomic E-state index is 0.0619. The SMILES string of the molecule is CN1C(c2cc(-c3cc(-c4cccn4C)co3)ccn2)=CC(C(=O)O)=CC1c1cc(C(=O)O)ccn1. The van der Waals surface area contributed by atoms with E-state index in [0.717, 1.165) is 16.8 Å². The fourth-order valence-corrected chi connectivity index (χ4v) is 4.25. The van der Waals surface area contributed by atoms with Crippen LogP contribution in [-0.4, -0.2) is 48.6 Å². The van der Waals surface area contributed by atoms with E-state index in [1.165, 1.54) is 18.3 Å². The summed E-state index contributed by atoms with van der Waals surface area (Å²) in [6.45, 7) is 0. The highest BCUT2D eigenvalue weighted by molar-refractivity contribution is 5.93. The summed E-state index contributed by atoms with van der Waals surface area (Å²) < 4.78 is 7.84. The Labute approximate surface area is 206 Å². The second-order valence-electron chi connectivity index (χ2n) is 8.42. The van der Waals surface area contributed by atoms with E-state index < -0.39 is 18.0 Å². The third-order valence-electron chi connectivity index (χ3n) is 6.15. The Hall–Kier alpha value is -4.92. The average Bonchev–Trinajstić information content (AvgIpc) is 3.53. The molecule has 180 valence electrons. The molecule has 5 heterocycles. The molecule has 0 spiro atoms. The summed E-state index contributed by atoms with van der Waals surface area (Å²) >= 11 is 0. The van der Waals surface area contributed by atoms with Gasteiger partial charge in [0.2, 0.25) is 0 Å². The van der Waals surface area contributed by atoms with Crippen LogP contribution in [0.4, 0.5) is 0 Å². The van der Waals surface area contributed by atoms with Gasteiger partial charge in [0.15, 0.2) is 0 Å². The van der Waals surface area contributed by atoms with Crippen LogP contribution in [-0.2, 0) is 11.8 Å². The van der Waals surface area contributed by atoms with Crippen molar-refractivity contribution in [3.05, 3.63) is 102 Å². The van der Waals surface area contributed by atoms with Crippen LogP contribution in [0.25, 0.3) is 28.3 Å². The highest BCUT2D eigenvalue weighted by atomic mass is 16.4. The van der Waals surface area contributed by atoms with E-state index in [1.807, 2.05) is 53.0 Å². The quantitative estimate of drug-likeness (QED) is 0.413. The van der Waals surface area contributed by atoms with Crippen LogP contribution in [0.15, 0.2) is 89.5 Å². The van der Waals surface area contributed by atoms with Gasteiger partial charge in [0.25, 0.3) is 0 Å². The first kappa shape index (κ1) is 22.9. The molecule has 1 atom stereocenters. The van der Waals surface area contributed by atoms with Gasteiger partial charge >= 0.3 is 11.9 Å². The smallest absolute Gasteiger partial charge is 0.335 e. The maximum Gasteiger partial charge on any atom is 0.335 e. The lowest BCUT2D eigenvalue weighted by Gasteiger charge is -2.33. The molecule has 0 bridgehead atoms. The second-order valence-corrected chi connectivity index (χ2v) is 8.42. The van der Waals surface area contributed by atoms with Crippen molar-refractivity contribution < 1.29 is 24.2 Å². The molecule has 4 aromatic heterocycles. The van der Waals surface area contributed by atoms with E-state index in [2.05, 4.69) is 9.97 Å². The number of carboxylic acid groups (broad SMARTS) is 2. The number of carboxylic acids is 2. The van der Waals surface area contributed by atoms with Gasteiger partial charge in [-0.15, -0.1) is 0 Å². The van der Waals surface area contributed by atoms with Gasteiger partial charge in [-0.05, 0) is 54.6 Å². The zero-order valence-corrected chi connectivity index (χ0v) is 19.5. The number of aryl methyl sites for hydroxylation is 1. The minimum atomic E-state index is -1.10. The minimum Gasteiger partial charge on any atom is -0.478 e. The molecule has 0 aromatic carbocycles. The van der Waals surface area contributed by atoms with Crippen LogP contribution in [0.5, 0.6) is 0 Å². The lowest BCUT2D eigenvalue weighted by molar-refractivity contribution is -0.132. The third-order valence-corrected chi connectivity index (χ3v) is 6.15. The van der Waals surface area contributed by atoms with Gasteiger partial charge in [0.1, 0.15) is 12.0 Å². The summed E-state index contributed by atoms with van der Waals surface area (Å²) in [5, 5.41) is 19.1. The monoisotopic (exact) mass is 482 g/mol. The summed E-state index contributed by atoms with van der Waals surface area (Å²) in [5.41, 5.74) is 4.37. The first-order chi connectivity index (χ1) is 17.3. The molecular weight excluding hydrogens is 460 g/mol. The maximum atomic E-state index is 11.9. The van der Waals surface area contributed by atoms with Crippen LogP contribution >= 0.6 is 0 Å². The molecule has 2 N–H and O–H groups in total. The number of nitrogens with zero attached hydrogens (tertiary/aromatic N) is 4. The number of aromatic carboxylic acids is 1. The molecule has 4 aromatic rings. The Bertz CT molecular complexity index is 1540. The fourth-order valence-electron chi connectivity index (χ4n) is 4.25. The fraction of sp³-hybridized carbons (Fsp3) is 0.111. The van der Waals surface area contributed by atoms with Gasteiger partial charge < -0.3 is 24.1 Å². The van der Waals surface area contributed by atoms with Gasteiger partial charge in [0.05, 0.1) is 40.0 Å². The number of aromatic nitrogens is 3. The predicted molar refractivity (Wildman–Crippen MR) is 132 cm³/mol. The Balaban J connectivity index is 1.53. The molecule has 0 amide bonds. The number of hydrogen-bond donors (Lipinski definition) is 2. The molecule has 5 rings (SSSR count). The number of rotatable bonds is 6. The number of hydrogen-bond acceptors (Lipinski definition) is 6. The third kappa shape index (κ3) is 4.18. The van der Waals surface area contributed by atoms with E-state index in [0.29, 0.717) is 22.8 Å². The summed E-state index contributed by atoms with van der Waals surface area (Å²) in [6, 6.07) is 11.8. The molecule has 9 heteroatoms. The number of likely N-dealkylation sites (N-methyl/N-ethyl adjacent to an activating group) is 1. The van der Waals surface area contributed by atoms with Gasteiger partial charge in [-0.2, -0.15) is 0 Å². The molecule has 9 nitrogen and oxygen atoms in total. The van der Waals surface area contributed by atoms with Crippen LogP contribution in [0.3, 0.4) is 0 Å². The van der Waals surface area contributed by atoms with Crippen molar-refractivity contribution in [2.24, 2.45) is 7.05 Å². The Morgan fingerprint density at radius 2 is 1.78 bits per heavy atom. The van der Waals surface area contributed by atoms with Gasteiger partial charge in [-0.1, -0.05) is 0 Å². The largest absolute Gasteiger partial charge is 0.478 e. The topological polar surface area (TPSA) is 122 Å². The van der Waals surface area contributed by atoms with Crippen LogP contribution in [0.2, 0.25) is 0 Å². The summed E-state index contributed by atoms with van der Waals surface area (Å²) in [6.07, 6.45) is 9.79. The highest BCUT2D eigenvalue weighted by Gasteiger charge is 2.28. The number of pyridine rings is 2. The van der Waals surface area contributed by atoms with E-state index in [1.54, 1.807) is 31.7 Å². The summed E-state index contributed by atoms with van der Waals surface area (Å²) in [5.74, 6) is -1.54. The number of furan rings is 1. The molecule has 0 radical (unpaired) electrons. The van der Waals surface area contributed by atoms with E-state index in [4.69, 9.17) is 4.42 Å². The maximum absolute atomic E-state index is 11.9. The molecule has 1 aliphatic heterocycles. The van der Waals surface area contributed by atoms with E-state index >= 15 is 0 Å². The first-order valence-electron chi connectivity index (χ1n) is 11.1. The van der Waals surface area contributed by atoms with Crippen molar-refractivity contribution in [3.8, 4) is 22.6 Å². The highest BCUT2D eigenvalue weighted by Crippen LogP contribution is 2.36. The van der Waals surface area contributed by atoms with Crippen molar-refractivity contribution in [1.29, 1.82) is 0 Å². The van der Waals surface area contributed by atoms with Crippen LogP contribution < -0.4 is 0 Å². The standard InChI is InChI=1S/C27H22N4O5/c1-30-9-3-4-22(30)19-14-25(36-15-19)16-5-7-28-20(10-16)23-12-18(27(34)35)13-24(31(23)2)21-11-17(26(32)33)6-8-29-21/h3-15,24H,1-2H3,(H,32,33)(H,34,35). The first-order valence-corrected chi connectivity index (χ1v) is 11.1. The molecule has 1 unspecified atom stereocenters. The molecule has 0 aliphatic carbocycles. The molecular formula is C27H22N4O5. The normalized spacial score (nSPS) is 15.4. The van der Waals surface area contributed by atoms with Gasteiger partial charge in [-0.3, -0.25) is 9.97 Å². The Kier molecular flexibility index (Phi) is 5.73. The molecule has 1 aliphatic rings. The molecule has 0 fully saturated rings. The predicted octanol–water partition coefficient (Wildman–Crippen LogP) is 4.48. The Morgan fingerprint density at radius 1 is 0.972 bits per heavy atom. The lowest BCUT2D eigenvalue weighted by Crippen LogP contribution is -2.27. The summed E-state index contributed by atoms with van der Waals surface area (Å²) in [7, 11) is 3.75. The zero-order chi connectivity index (χ0) is 25.4. The number of aliphatic carboxylic acids is 1. The van der Waals surface area contributed by atoms with Gasteiger partial charge in [0, 0.05) is 43.8 Å². The zero-order valence-electron chi connectivity index (χ0n) is 19.5. The van der Waals surface area contributed by atoms with E-state index in [9.17, 15) is 19.8 Å². The average molecular weight is 482 g/mol. The Morgan fingerprint density at radius 3 is 2.50 bits per heavy atom. The molecule has 0 saturated heterocycles.